The number of hydrogen-bond acceptors (Lipinski definition) is 4. The van der Waals surface area contributed by atoms with E-state index in [-0.39, 0.29) is 30.7 Å². The fourth-order valence-corrected chi connectivity index (χ4v) is 1.64. The molecule has 0 saturated heterocycles. The smallest absolute Gasteiger partial charge is 0.270 e. The summed E-state index contributed by atoms with van der Waals surface area (Å²) in [5.74, 6) is -0.609. The summed E-state index contributed by atoms with van der Waals surface area (Å²) in [4.78, 5) is 37.8. The van der Waals surface area contributed by atoms with E-state index < -0.39 is 0 Å². The molecule has 7 nitrogen and oxygen atoms in total. The molecule has 0 aromatic heterocycles. The Morgan fingerprint density at radius 2 is 2.00 bits per heavy atom. The van der Waals surface area contributed by atoms with Crippen molar-refractivity contribution >= 4 is 23.4 Å². The monoisotopic (exact) mass is 268 g/mol. The molecule has 0 aromatic carbocycles. The molecular formula is C12H20N4O3. The molecule has 0 unspecified atom stereocenters. The fraction of sp³-hybridized carbons (Fsp3) is 0.667. The van der Waals surface area contributed by atoms with Crippen molar-refractivity contribution in [1.29, 1.82) is 0 Å². The Labute approximate surface area is 112 Å². The van der Waals surface area contributed by atoms with E-state index in [4.69, 9.17) is 0 Å². The molecule has 0 fully saturated rings. The lowest BCUT2D eigenvalue weighted by Crippen LogP contribution is -2.45. The average Bonchev–Trinajstić information content (AvgIpc) is 2.38. The van der Waals surface area contributed by atoms with Crippen molar-refractivity contribution in [3.63, 3.8) is 0 Å². The second-order valence-electron chi connectivity index (χ2n) is 4.61. The van der Waals surface area contributed by atoms with Crippen LogP contribution in [0.1, 0.15) is 26.2 Å². The number of rotatable bonds is 5. The number of carbonyl (C=O) groups is 3. The Morgan fingerprint density at radius 1 is 1.32 bits per heavy atom. The highest BCUT2D eigenvalue weighted by molar-refractivity contribution is 6.39. The van der Waals surface area contributed by atoms with Gasteiger partial charge in [0.1, 0.15) is 12.3 Å². The molecular weight excluding hydrogens is 248 g/mol. The lowest BCUT2D eigenvalue weighted by Gasteiger charge is -2.24. The number of likely N-dealkylation sites (N-methyl/N-ethyl adjacent to an activating group) is 1. The Morgan fingerprint density at radius 3 is 2.47 bits per heavy atom. The van der Waals surface area contributed by atoms with Crippen molar-refractivity contribution in [3.8, 4) is 0 Å². The summed E-state index contributed by atoms with van der Waals surface area (Å²) in [6, 6.07) is 0. The van der Waals surface area contributed by atoms with Crippen LogP contribution in [0.3, 0.4) is 0 Å². The van der Waals surface area contributed by atoms with Gasteiger partial charge in [-0.15, -0.1) is 0 Å². The summed E-state index contributed by atoms with van der Waals surface area (Å²) in [6.07, 6.45) is 1.33. The van der Waals surface area contributed by atoms with Crippen molar-refractivity contribution in [2.75, 3.05) is 27.2 Å². The Hall–Kier alpha value is -1.92. The third-order valence-electron chi connectivity index (χ3n) is 2.76. The molecule has 1 aliphatic heterocycles. The van der Waals surface area contributed by atoms with Gasteiger partial charge < -0.3 is 9.80 Å². The molecule has 0 spiro atoms. The molecule has 0 aromatic rings. The molecule has 0 aliphatic carbocycles. The van der Waals surface area contributed by atoms with Crippen LogP contribution in [0.15, 0.2) is 5.10 Å². The van der Waals surface area contributed by atoms with Gasteiger partial charge in [-0.3, -0.25) is 14.4 Å². The van der Waals surface area contributed by atoms with Crippen LogP contribution in [0.4, 0.5) is 0 Å². The van der Waals surface area contributed by atoms with Crippen molar-refractivity contribution in [2.24, 2.45) is 5.10 Å². The predicted molar refractivity (Wildman–Crippen MR) is 70.4 cm³/mol. The molecule has 19 heavy (non-hydrogen) atoms. The van der Waals surface area contributed by atoms with Gasteiger partial charge in [-0.05, 0) is 6.42 Å². The number of hydrogen-bond donors (Lipinski definition) is 1. The van der Waals surface area contributed by atoms with Gasteiger partial charge in [-0.2, -0.15) is 5.10 Å². The predicted octanol–water partition coefficient (Wildman–Crippen LogP) is -0.421. The first-order valence-corrected chi connectivity index (χ1v) is 6.30. The highest BCUT2D eigenvalue weighted by Gasteiger charge is 2.24. The van der Waals surface area contributed by atoms with Crippen LogP contribution in [0.25, 0.3) is 0 Å². The minimum atomic E-state index is -0.281. The molecule has 1 aliphatic rings. The SMILES string of the molecule is CCCN(CC(=O)N(C)C)C(=O)C1=NNC(=O)CC1. The summed E-state index contributed by atoms with van der Waals surface area (Å²) < 4.78 is 0. The van der Waals surface area contributed by atoms with Crippen molar-refractivity contribution in [3.05, 3.63) is 0 Å². The van der Waals surface area contributed by atoms with Crippen LogP contribution in [0.5, 0.6) is 0 Å². The zero-order chi connectivity index (χ0) is 14.4. The van der Waals surface area contributed by atoms with Crippen LogP contribution in [-0.2, 0) is 14.4 Å². The number of carbonyl (C=O) groups excluding carboxylic acids is 3. The van der Waals surface area contributed by atoms with Gasteiger partial charge >= 0.3 is 0 Å². The standard InChI is InChI=1S/C12H20N4O3/c1-4-7-16(8-11(18)15(2)3)12(19)9-5-6-10(17)14-13-9/h4-8H2,1-3H3,(H,14,17). The molecule has 7 heteroatoms. The molecule has 1 N–H and O–H groups in total. The molecule has 0 bridgehead atoms. The van der Waals surface area contributed by atoms with E-state index in [2.05, 4.69) is 10.5 Å². The third-order valence-corrected chi connectivity index (χ3v) is 2.76. The average molecular weight is 268 g/mol. The lowest BCUT2D eigenvalue weighted by molar-refractivity contribution is -0.135. The molecule has 0 saturated carbocycles. The first-order valence-electron chi connectivity index (χ1n) is 6.30. The summed E-state index contributed by atoms with van der Waals surface area (Å²) in [6.45, 7) is 2.46. The zero-order valence-electron chi connectivity index (χ0n) is 11.6. The van der Waals surface area contributed by atoms with Gasteiger partial charge in [0.05, 0.1) is 0 Å². The zero-order valence-corrected chi connectivity index (χ0v) is 11.6. The maximum atomic E-state index is 12.2. The maximum absolute atomic E-state index is 12.2. The minimum absolute atomic E-state index is 0.0344. The van der Waals surface area contributed by atoms with Gasteiger partial charge in [0.2, 0.25) is 11.8 Å². The minimum Gasteiger partial charge on any atom is -0.347 e. The second kappa shape index (κ2) is 6.86. The maximum Gasteiger partial charge on any atom is 0.270 e. The summed E-state index contributed by atoms with van der Waals surface area (Å²) in [7, 11) is 3.30. The summed E-state index contributed by atoms with van der Waals surface area (Å²) in [5, 5.41) is 3.77. The first kappa shape index (κ1) is 15.1. The van der Waals surface area contributed by atoms with E-state index in [0.717, 1.165) is 6.42 Å². The lowest BCUT2D eigenvalue weighted by atomic mass is 10.1. The Bertz CT molecular complexity index is 404. The fourth-order valence-electron chi connectivity index (χ4n) is 1.64. The largest absolute Gasteiger partial charge is 0.347 e. The van der Waals surface area contributed by atoms with Gasteiger partial charge in [0, 0.05) is 33.5 Å². The molecule has 1 heterocycles. The van der Waals surface area contributed by atoms with E-state index in [1.54, 1.807) is 14.1 Å². The number of nitrogens with one attached hydrogen (secondary N) is 1. The van der Waals surface area contributed by atoms with Gasteiger partial charge in [-0.1, -0.05) is 6.92 Å². The van der Waals surface area contributed by atoms with Crippen LogP contribution >= 0.6 is 0 Å². The topological polar surface area (TPSA) is 82.1 Å². The third kappa shape index (κ3) is 4.35. The van der Waals surface area contributed by atoms with E-state index in [9.17, 15) is 14.4 Å². The van der Waals surface area contributed by atoms with E-state index in [0.29, 0.717) is 18.7 Å². The number of nitrogens with zero attached hydrogens (tertiary/aromatic N) is 3. The van der Waals surface area contributed by atoms with E-state index >= 15 is 0 Å². The van der Waals surface area contributed by atoms with Gasteiger partial charge in [0.15, 0.2) is 0 Å². The summed E-state index contributed by atoms with van der Waals surface area (Å²) in [5.41, 5.74) is 2.60. The molecule has 0 radical (unpaired) electrons. The van der Waals surface area contributed by atoms with Crippen LogP contribution in [-0.4, -0.2) is 60.4 Å². The number of hydrazone groups is 1. The Kier molecular flexibility index (Phi) is 5.47. The molecule has 1 rings (SSSR count). The highest BCUT2D eigenvalue weighted by Crippen LogP contribution is 2.05. The normalized spacial score (nSPS) is 14.5. The van der Waals surface area contributed by atoms with E-state index in [1.165, 1.54) is 9.80 Å². The molecule has 0 atom stereocenters. The highest BCUT2D eigenvalue weighted by atomic mass is 16.2. The van der Waals surface area contributed by atoms with E-state index in [1.807, 2.05) is 6.92 Å². The summed E-state index contributed by atoms with van der Waals surface area (Å²) >= 11 is 0. The molecule has 3 amide bonds. The molecule has 106 valence electrons. The number of amides is 3. The first-order chi connectivity index (χ1) is 8.95. The van der Waals surface area contributed by atoms with Crippen LogP contribution < -0.4 is 5.43 Å². The Balaban J connectivity index is 2.72. The van der Waals surface area contributed by atoms with Gasteiger partial charge in [-0.25, -0.2) is 5.43 Å². The second-order valence-corrected chi connectivity index (χ2v) is 4.61. The van der Waals surface area contributed by atoms with Gasteiger partial charge in [0.25, 0.3) is 5.91 Å². The quantitative estimate of drug-likeness (QED) is 0.735. The van der Waals surface area contributed by atoms with Crippen LogP contribution in [0.2, 0.25) is 0 Å². The van der Waals surface area contributed by atoms with Crippen molar-refractivity contribution < 1.29 is 14.4 Å². The van der Waals surface area contributed by atoms with Crippen molar-refractivity contribution in [2.45, 2.75) is 26.2 Å². The van der Waals surface area contributed by atoms with Crippen molar-refractivity contribution in [1.82, 2.24) is 15.2 Å². The van der Waals surface area contributed by atoms with Crippen LogP contribution in [0, 0.1) is 0 Å².